The van der Waals surface area contributed by atoms with E-state index >= 15 is 0 Å². The molecule has 0 aromatic carbocycles. The van der Waals surface area contributed by atoms with Crippen LogP contribution in [-0.2, 0) is 76.7 Å². The number of carbonyl (C=O) groups excluding carboxylic acids is 16. The van der Waals surface area contributed by atoms with Crippen molar-refractivity contribution in [2.45, 2.75) is 147 Å². The molecule has 0 saturated carbocycles. The molecule has 0 fully saturated rings. The molecule has 2 aromatic rings. The van der Waals surface area contributed by atoms with E-state index in [1.807, 2.05) is 32.6 Å². The zero-order valence-corrected chi connectivity index (χ0v) is 97.6. The molecular formula is C84H149N27O19S16. The number of hydrazone groups is 7. The Bertz CT molecular complexity index is 4070. The fourth-order valence-corrected chi connectivity index (χ4v) is 20.1. The number of nitrogens with one attached hydrogen (secondary N) is 18. The van der Waals surface area contributed by atoms with E-state index in [0.717, 1.165) is 83.6 Å². The lowest BCUT2D eigenvalue weighted by atomic mass is 10.1. The molecule has 0 bridgehead atoms. The summed E-state index contributed by atoms with van der Waals surface area (Å²) < 4.78 is 5.29. The average molecular weight is 2350 g/mol. The van der Waals surface area contributed by atoms with Crippen molar-refractivity contribution in [3.63, 3.8) is 0 Å². The van der Waals surface area contributed by atoms with Crippen LogP contribution < -0.4 is 96.5 Å². The van der Waals surface area contributed by atoms with E-state index in [9.17, 15) is 81.5 Å². The molecule has 0 aliphatic carbocycles. The number of aromatic nitrogens is 2. The topological polar surface area (TPSA) is 648 Å². The summed E-state index contributed by atoms with van der Waals surface area (Å²) >= 11 is 0. The summed E-state index contributed by atoms with van der Waals surface area (Å²) in [5.41, 5.74) is 17.8. The molecule has 2 rings (SSSR count). The number of nitrogens with zero attached hydrogens (tertiary/aromatic N) is 9. The van der Waals surface area contributed by atoms with Crippen LogP contribution in [0.3, 0.4) is 0 Å². The summed E-state index contributed by atoms with van der Waals surface area (Å²) in [6.45, 7) is 24.3. The SMILES string of the molecule is C.C/C=N/NC(=O)CCC(NC(=O)CSSCCNC(=O)/C=N/NC(C)=O)C(=O)O.C/C=N/NC(=O)CCSSCCNC(=O)CCC.C/C=N/NC(=O)CCSSCCNC(=O)c1ccc(N/N=C/C)nc1.C/C=N/Nc1ccc(C(=O)NCCSSC)cn1.CCCC(=O)NCCSSC.CNC(=O)CCOCCSSCCNC(C)=O.CNC(=O)CSSCCNC(C)=O.CSSCCNC(=O)/C=N/NC(C)=O. The van der Waals surface area contributed by atoms with Crippen LogP contribution in [0, 0.1) is 0 Å². The van der Waals surface area contributed by atoms with Gasteiger partial charge < -0.3 is 68.3 Å². The van der Waals surface area contributed by atoms with Crippen molar-refractivity contribution in [2.75, 3.05) is 184 Å². The molecule has 19 N–H and O–H groups in total. The van der Waals surface area contributed by atoms with Gasteiger partial charge in [0.05, 0.1) is 35.8 Å². The molecule has 0 radical (unpaired) electrons. The molecule has 2 aromatic heterocycles. The molecule has 0 saturated heterocycles. The molecule has 1 atom stereocenters. The predicted molar refractivity (Wildman–Crippen MR) is 630 cm³/mol. The Labute approximate surface area is 922 Å². The average Bonchev–Trinajstić information content (AvgIpc) is 0.889. The first-order valence-electron chi connectivity index (χ1n) is 44.3. The maximum atomic E-state index is 12.0. The number of carboxylic acids is 1. The minimum atomic E-state index is -1.23. The van der Waals surface area contributed by atoms with E-state index in [-0.39, 0.29) is 96.9 Å². The van der Waals surface area contributed by atoms with Gasteiger partial charge in [-0.25, -0.2) is 41.9 Å². The zero-order chi connectivity index (χ0) is 110. The van der Waals surface area contributed by atoms with Crippen molar-refractivity contribution < 1.29 is 91.4 Å². The molecule has 16 amide bonds. The Hall–Kier alpha value is -7.86. The van der Waals surface area contributed by atoms with Gasteiger partial charge in [0, 0.05) is 239 Å². The number of carbonyl (C=O) groups is 17. The van der Waals surface area contributed by atoms with Gasteiger partial charge in [-0.3, -0.25) is 87.6 Å². The number of anilines is 2. The monoisotopic (exact) mass is 2350 g/mol. The van der Waals surface area contributed by atoms with Crippen LogP contribution in [0.4, 0.5) is 11.6 Å². The van der Waals surface area contributed by atoms with Gasteiger partial charge in [-0.1, -0.05) is 194 Å². The van der Waals surface area contributed by atoms with Crippen LogP contribution in [0.25, 0.3) is 0 Å². The van der Waals surface area contributed by atoms with Crippen molar-refractivity contribution in [2.24, 2.45) is 35.7 Å². The predicted octanol–water partition coefficient (Wildman–Crippen LogP) is 8.93. The van der Waals surface area contributed by atoms with E-state index < -0.39 is 35.6 Å². The molecule has 46 nitrogen and oxygen atoms in total. The van der Waals surface area contributed by atoms with Gasteiger partial charge >= 0.3 is 5.97 Å². The maximum absolute atomic E-state index is 12.0. The molecule has 0 aliphatic heterocycles. The van der Waals surface area contributed by atoms with Crippen molar-refractivity contribution >= 4 is 328 Å². The second-order valence-corrected chi connectivity index (χ2v) is 47.3. The number of hydrogen-bond acceptors (Lipinski definition) is 45. The molecule has 1 unspecified atom stereocenters. The van der Waals surface area contributed by atoms with Crippen molar-refractivity contribution in [3.05, 3.63) is 47.8 Å². The highest BCUT2D eigenvalue weighted by Crippen LogP contribution is 2.24. The van der Waals surface area contributed by atoms with Crippen LogP contribution in [0.5, 0.6) is 0 Å². The maximum Gasteiger partial charge on any atom is 0.326 e. The normalized spacial score (nSPS) is 10.5. The Morgan fingerprint density at radius 1 is 0.349 bits per heavy atom. The Balaban J connectivity index is -0.000000308. The molecule has 62 heteroatoms. The highest BCUT2D eigenvalue weighted by atomic mass is 33.1. The number of carboxylic acid groups (broad SMARTS) is 1. The third kappa shape index (κ3) is 120. The highest BCUT2D eigenvalue weighted by molar-refractivity contribution is 8.78. The number of pyridine rings is 2. The van der Waals surface area contributed by atoms with Crippen LogP contribution in [0.15, 0.2) is 72.4 Å². The number of ether oxygens (including phenoxy) is 1. The highest BCUT2D eigenvalue weighted by Gasteiger charge is 2.21. The van der Waals surface area contributed by atoms with E-state index in [1.165, 1.54) is 84.9 Å². The van der Waals surface area contributed by atoms with Gasteiger partial charge in [-0.15, -0.1) is 0 Å². The standard InChI is InChI=1S/C15H24N6O6S2.C15H22N6O2S2.C11H16N4OS2.C11H21N3O2S2.C10H20N2O3S2.C7H13N3O2S2.C7H14N2O2S2.C7H15NOS2.CH4/c1-3-17-21-12(23)5-4-11(15(26)27)19-14(25)9-29-28-7-6-16-13(24)8-18-20-10(2)22;1-3-18-20-13-6-5-12(11-17-13)15(23)16-8-10-25-24-9-7-14(22)21-19-4-2;1-3-14-15-10-5-4-9(8-13-10)11(16)12-6-7-18-17-2;1-3-5-10(15)12-7-9-18-17-8-6-11(16)14-13-4-2;1-9(13)12-4-7-16-17-8-6-15-5-3-10(14)11-2;1-6(11)10-9-5-7(12)8-3-4-14-13-2;1-6(10)9-3-4-12-13-5-7(11)8-2;1-3-4-7(9)8-5-6-11-10-2;/h3,8,11H,4-7,9H2,1-2H3,(H,16,24)(H,19,25)(H,20,22)(H,21,23)(H,26,27);3-6,11H,7-10H2,1-2H3,(H,16,23)(H,17,20)(H,21,22);3-5,8H,6-7H2,1-2H3,(H,12,16)(H,13,15);4H,3,5-9H2,1-2H3,(H,12,15)(H,14,16);3-8H2,1-2H3,(H,11,14)(H,12,13);5H,3-4H2,1-2H3,(H,8,12)(H,10,11);3-5H2,1-2H3,(H,8,11)(H,9,10);3-6H2,1-2H3,(H,8,9);1H4/b17-3+,18-8+;18-3+,19-4+;14-3+;13-4+;;9-5+;;;. The molecule has 830 valence electrons. The Kier molecular flexibility index (Phi) is 121. The summed E-state index contributed by atoms with van der Waals surface area (Å²) in [6.07, 6.45) is 22.9. The fraction of sp³-hybridized carbons (Fsp3) is 0.595. The second-order valence-electron chi connectivity index (χ2n) is 26.0. The molecular weight excluding hydrogens is 2200 g/mol. The van der Waals surface area contributed by atoms with Gasteiger partial charge in [-0.05, 0) is 96.9 Å². The number of amides is 16. The van der Waals surface area contributed by atoms with Crippen LogP contribution >= 0.6 is 173 Å². The third-order valence-corrected chi connectivity index (χ3v) is 31.2. The third-order valence-electron chi connectivity index (χ3n) is 14.0. The van der Waals surface area contributed by atoms with Gasteiger partial charge in [0.15, 0.2) is 0 Å². The van der Waals surface area contributed by atoms with E-state index in [2.05, 4.69) is 142 Å². The minimum Gasteiger partial charge on any atom is -0.480 e. The second kappa shape index (κ2) is 117. The minimum absolute atomic E-state index is 0. The zero-order valence-electron chi connectivity index (χ0n) is 84.6. The number of aliphatic carboxylic acids is 1. The summed E-state index contributed by atoms with van der Waals surface area (Å²) in [5.74, 6) is 6.80. The largest absolute Gasteiger partial charge is 0.480 e. The first-order chi connectivity index (χ1) is 69.7. The van der Waals surface area contributed by atoms with E-state index in [1.54, 1.807) is 232 Å². The van der Waals surface area contributed by atoms with Gasteiger partial charge in [0.25, 0.3) is 23.6 Å². The van der Waals surface area contributed by atoms with Crippen LogP contribution in [0.1, 0.15) is 162 Å². The summed E-state index contributed by atoms with van der Waals surface area (Å²) in [6, 6.07) is 5.65. The number of hydrogen-bond donors (Lipinski definition) is 19. The smallest absolute Gasteiger partial charge is 0.326 e. The Morgan fingerprint density at radius 2 is 0.685 bits per heavy atom. The lowest BCUT2D eigenvalue weighted by Gasteiger charge is -2.13. The van der Waals surface area contributed by atoms with E-state index in [4.69, 9.17) is 9.84 Å². The molecule has 0 spiro atoms. The lowest BCUT2D eigenvalue weighted by Crippen LogP contribution is -2.42. The molecule has 146 heavy (non-hydrogen) atoms. The van der Waals surface area contributed by atoms with Gasteiger partial charge in [0.1, 0.15) is 30.1 Å². The van der Waals surface area contributed by atoms with Crippen molar-refractivity contribution in [3.8, 4) is 0 Å². The first-order valence-corrected chi connectivity index (χ1v) is 65.0. The number of rotatable bonds is 70. The van der Waals surface area contributed by atoms with Gasteiger partial charge in [-0.2, -0.15) is 35.7 Å². The fourth-order valence-electron chi connectivity index (χ4n) is 7.67. The van der Waals surface area contributed by atoms with Crippen LogP contribution in [0.2, 0.25) is 0 Å². The Morgan fingerprint density at radius 3 is 1.02 bits per heavy atom. The summed E-state index contributed by atoms with van der Waals surface area (Å²) in [7, 11) is 28.9. The molecule has 0 aliphatic rings. The van der Waals surface area contributed by atoms with E-state index in [0.29, 0.717) is 131 Å². The van der Waals surface area contributed by atoms with Crippen molar-refractivity contribution in [1.82, 2.24) is 95.6 Å². The summed E-state index contributed by atoms with van der Waals surface area (Å²) in [4.78, 5) is 197. The summed E-state index contributed by atoms with van der Waals surface area (Å²) in [5, 5.41) is 63.8. The van der Waals surface area contributed by atoms with Crippen molar-refractivity contribution in [1.29, 1.82) is 0 Å². The first kappa shape index (κ1) is 151. The lowest BCUT2D eigenvalue weighted by molar-refractivity contribution is -0.142. The molecule has 2 heterocycles. The van der Waals surface area contributed by atoms with Crippen LogP contribution in [-0.4, -0.2) is 338 Å². The van der Waals surface area contributed by atoms with Gasteiger partial charge in [0.2, 0.25) is 70.9 Å². The quantitative estimate of drug-likeness (QED) is 0.0127.